The van der Waals surface area contributed by atoms with Crippen molar-refractivity contribution < 1.29 is 14.7 Å². The van der Waals surface area contributed by atoms with Crippen molar-refractivity contribution in [3.63, 3.8) is 0 Å². The lowest BCUT2D eigenvalue weighted by molar-refractivity contribution is -0.130. The number of carbonyl (C=O) groups is 2. The monoisotopic (exact) mass is 403 g/mol. The van der Waals surface area contributed by atoms with Gasteiger partial charge in [-0.2, -0.15) is 0 Å². The Morgan fingerprint density at radius 1 is 1.07 bits per heavy atom. The van der Waals surface area contributed by atoms with E-state index in [1.165, 1.54) is 5.56 Å². The standard InChI is InChI=1S/C23H37N3O3/c1-16(2)13-21(28)25-22(17(3)4)23(29)24-14-18-5-7-19(8-6-18)15-26-11-9-20(27)10-12-26/h5-8,16-17,20,22,27H,9-15H2,1-4H3,(H,24,29)(H,25,28). The summed E-state index contributed by atoms with van der Waals surface area (Å²) in [5, 5.41) is 15.4. The number of piperidine rings is 1. The first-order valence-corrected chi connectivity index (χ1v) is 10.8. The van der Waals surface area contributed by atoms with Gasteiger partial charge in [0, 0.05) is 32.6 Å². The molecule has 0 radical (unpaired) electrons. The van der Waals surface area contributed by atoms with Gasteiger partial charge in [0.05, 0.1) is 6.10 Å². The molecule has 1 atom stereocenters. The van der Waals surface area contributed by atoms with Crippen LogP contribution in [-0.2, 0) is 22.7 Å². The van der Waals surface area contributed by atoms with E-state index < -0.39 is 6.04 Å². The van der Waals surface area contributed by atoms with Gasteiger partial charge < -0.3 is 15.7 Å². The quantitative estimate of drug-likeness (QED) is 0.592. The molecule has 0 bridgehead atoms. The lowest BCUT2D eigenvalue weighted by atomic mass is 10.0. The maximum absolute atomic E-state index is 12.6. The summed E-state index contributed by atoms with van der Waals surface area (Å²) in [7, 11) is 0. The molecular weight excluding hydrogens is 366 g/mol. The fourth-order valence-electron chi connectivity index (χ4n) is 3.54. The summed E-state index contributed by atoms with van der Waals surface area (Å²) in [5.74, 6) is 0.0624. The van der Waals surface area contributed by atoms with E-state index in [0.29, 0.717) is 13.0 Å². The van der Waals surface area contributed by atoms with Crippen molar-refractivity contribution in [1.82, 2.24) is 15.5 Å². The smallest absolute Gasteiger partial charge is 0.243 e. The van der Waals surface area contributed by atoms with E-state index in [1.807, 2.05) is 39.8 Å². The van der Waals surface area contributed by atoms with Crippen molar-refractivity contribution >= 4 is 11.8 Å². The molecule has 1 saturated heterocycles. The van der Waals surface area contributed by atoms with Gasteiger partial charge >= 0.3 is 0 Å². The van der Waals surface area contributed by atoms with Crippen LogP contribution in [0.1, 0.15) is 58.1 Å². The molecule has 1 aliphatic rings. The number of carbonyl (C=O) groups excluding carboxylic acids is 2. The zero-order chi connectivity index (χ0) is 21.4. The second kappa shape index (κ2) is 11.3. The molecule has 1 aliphatic heterocycles. The minimum Gasteiger partial charge on any atom is -0.393 e. The SMILES string of the molecule is CC(C)CC(=O)NC(C(=O)NCc1ccc(CN2CCC(O)CC2)cc1)C(C)C. The molecule has 6 nitrogen and oxygen atoms in total. The van der Waals surface area contributed by atoms with Crippen LogP contribution >= 0.6 is 0 Å². The van der Waals surface area contributed by atoms with E-state index in [9.17, 15) is 14.7 Å². The Labute approximate surface area is 175 Å². The highest BCUT2D eigenvalue weighted by Gasteiger charge is 2.24. The highest BCUT2D eigenvalue weighted by Crippen LogP contribution is 2.14. The third-order valence-corrected chi connectivity index (χ3v) is 5.31. The van der Waals surface area contributed by atoms with Crippen LogP contribution in [-0.4, -0.2) is 47.1 Å². The second-order valence-corrected chi connectivity index (χ2v) is 8.93. The van der Waals surface area contributed by atoms with Gasteiger partial charge in [0.25, 0.3) is 0 Å². The molecule has 162 valence electrons. The normalized spacial score (nSPS) is 16.8. The maximum atomic E-state index is 12.6. The van der Waals surface area contributed by atoms with Crippen LogP contribution in [0.2, 0.25) is 0 Å². The number of aliphatic hydroxyl groups is 1. The van der Waals surface area contributed by atoms with Crippen LogP contribution in [0.5, 0.6) is 0 Å². The van der Waals surface area contributed by atoms with Crippen molar-refractivity contribution in [1.29, 1.82) is 0 Å². The molecule has 3 N–H and O–H groups in total. The van der Waals surface area contributed by atoms with E-state index in [4.69, 9.17) is 0 Å². The molecule has 29 heavy (non-hydrogen) atoms. The number of hydrogen-bond donors (Lipinski definition) is 3. The van der Waals surface area contributed by atoms with Crippen molar-refractivity contribution in [2.24, 2.45) is 11.8 Å². The van der Waals surface area contributed by atoms with Crippen LogP contribution in [0.25, 0.3) is 0 Å². The summed E-state index contributed by atoms with van der Waals surface area (Å²) < 4.78 is 0. The number of benzene rings is 1. The zero-order valence-electron chi connectivity index (χ0n) is 18.3. The van der Waals surface area contributed by atoms with Crippen LogP contribution < -0.4 is 10.6 Å². The van der Waals surface area contributed by atoms with Gasteiger partial charge in [-0.05, 0) is 35.8 Å². The van der Waals surface area contributed by atoms with Gasteiger partial charge in [-0.3, -0.25) is 14.5 Å². The van der Waals surface area contributed by atoms with Gasteiger partial charge in [0.1, 0.15) is 6.04 Å². The van der Waals surface area contributed by atoms with E-state index in [1.54, 1.807) is 0 Å². The summed E-state index contributed by atoms with van der Waals surface area (Å²) in [6, 6.07) is 7.75. The van der Waals surface area contributed by atoms with E-state index in [-0.39, 0.29) is 29.8 Å². The average Bonchev–Trinajstić information content (AvgIpc) is 2.66. The molecule has 2 rings (SSSR count). The molecule has 6 heteroatoms. The molecule has 1 heterocycles. The predicted octanol–water partition coefficient (Wildman–Crippen LogP) is 2.45. The topological polar surface area (TPSA) is 81.7 Å². The number of nitrogens with zero attached hydrogens (tertiary/aromatic N) is 1. The summed E-state index contributed by atoms with van der Waals surface area (Å²) in [6.07, 6.45) is 1.96. The first kappa shape index (κ1) is 23.4. The van der Waals surface area contributed by atoms with E-state index in [0.717, 1.165) is 38.0 Å². The van der Waals surface area contributed by atoms with Gasteiger partial charge in [-0.15, -0.1) is 0 Å². The third-order valence-electron chi connectivity index (χ3n) is 5.31. The van der Waals surface area contributed by atoms with Crippen molar-refractivity contribution in [2.45, 2.75) is 72.2 Å². The van der Waals surface area contributed by atoms with Gasteiger partial charge in [-0.1, -0.05) is 52.0 Å². The zero-order valence-corrected chi connectivity index (χ0v) is 18.3. The summed E-state index contributed by atoms with van der Waals surface area (Å²) in [4.78, 5) is 27.0. The third kappa shape index (κ3) is 8.15. The lowest BCUT2D eigenvalue weighted by Gasteiger charge is -2.29. The van der Waals surface area contributed by atoms with Gasteiger partial charge in [0.2, 0.25) is 11.8 Å². The largest absolute Gasteiger partial charge is 0.393 e. The minimum absolute atomic E-state index is 0.0246. The highest BCUT2D eigenvalue weighted by atomic mass is 16.3. The average molecular weight is 404 g/mol. The Kier molecular flexibility index (Phi) is 9.11. The highest BCUT2D eigenvalue weighted by molar-refractivity contribution is 5.87. The molecule has 0 aliphatic carbocycles. The minimum atomic E-state index is -0.519. The first-order valence-electron chi connectivity index (χ1n) is 10.8. The molecule has 1 unspecified atom stereocenters. The molecule has 0 saturated carbocycles. The van der Waals surface area contributed by atoms with Crippen molar-refractivity contribution in [2.75, 3.05) is 13.1 Å². The predicted molar refractivity (Wildman–Crippen MR) is 115 cm³/mol. The van der Waals surface area contributed by atoms with Gasteiger partial charge in [0.15, 0.2) is 0 Å². The molecule has 2 amide bonds. The maximum Gasteiger partial charge on any atom is 0.243 e. The van der Waals surface area contributed by atoms with E-state index in [2.05, 4.69) is 27.7 Å². The number of rotatable bonds is 9. The van der Waals surface area contributed by atoms with Crippen LogP contribution in [0, 0.1) is 11.8 Å². The van der Waals surface area contributed by atoms with Gasteiger partial charge in [-0.25, -0.2) is 0 Å². The number of amides is 2. The Bertz CT molecular complexity index is 650. The van der Waals surface area contributed by atoms with Crippen LogP contribution in [0.15, 0.2) is 24.3 Å². The molecule has 0 aromatic heterocycles. The Balaban J connectivity index is 1.82. The first-order chi connectivity index (χ1) is 13.7. The molecule has 0 spiro atoms. The second-order valence-electron chi connectivity index (χ2n) is 8.93. The van der Waals surface area contributed by atoms with Crippen molar-refractivity contribution in [3.05, 3.63) is 35.4 Å². The van der Waals surface area contributed by atoms with Crippen LogP contribution in [0.3, 0.4) is 0 Å². The van der Waals surface area contributed by atoms with Crippen LogP contribution in [0.4, 0.5) is 0 Å². The summed E-state index contributed by atoms with van der Waals surface area (Å²) in [5.41, 5.74) is 2.27. The number of hydrogen-bond acceptors (Lipinski definition) is 4. The lowest BCUT2D eigenvalue weighted by Crippen LogP contribution is -2.49. The molecular formula is C23H37N3O3. The fourth-order valence-corrected chi connectivity index (χ4v) is 3.54. The molecule has 1 aromatic carbocycles. The summed E-state index contributed by atoms with van der Waals surface area (Å²) in [6.45, 7) is 11.0. The Morgan fingerprint density at radius 2 is 1.66 bits per heavy atom. The molecule has 1 fully saturated rings. The number of aliphatic hydroxyl groups excluding tert-OH is 1. The Morgan fingerprint density at radius 3 is 2.21 bits per heavy atom. The fraction of sp³-hybridized carbons (Fsp3) is 0.652. The molecule has 1 aromatic rings. The van der Waals surface area contributed by atoms with E-state index >= 15 is 0 Å². The summed E-state index contributed by atoms with van der Waals surface area (Å²) >= 11 is 0. The number of nitrogens with one attached hydrogen (secondary N) is 2. The number of likely N-dealkylation sites (tertiary alicyclic amines) is 1. The van der Waals surface area contributed by atoms with Crippen molar-refractivity contribution in [3.8, 4) is 0 Å². The Hall–Kier alpha value is -1.92.